The highest BCUT2D eigenvalue weighted by Crippen LogP contribution is 2.29. The molecular formula is C14H17F3N4. The first-order valence-corrected chi connectivity index (χ1v) is 6.62. The summed E-state index contributed by atoms with van der Waals surface area (Å²) in [7, 11) is 0. The molecule has 0 aliphatic carbocycles. The molecule has 0 saturated heterocycles. The molecule has 0 spiro atoms. The molecular weight excluding hydrogens is 281 g/mol. The van der Waals surface area contributed by atoms with Crippen LogP contribution in [0, 0.1) is 0 Å². The van der Waals surface area contributed by atoms with Crippen LogP contribution in [-0.2, 0) is 19.3 Å². The lowest BCUT2D eigenvalue weighted by Crippen LogP contribution is -2.22. The SMILES string of the molecule is CC(C)NCc1ncn(Cc2ccc(C(F)(F)F)cc2)n1. The molecule has 21 heavy (non-hydrogen) atoms. The fraction of sp³-hybridized carbons (Fsp3) is 0.429. The highest BCUT2D eigenvalue weighted by Gasteiger charge is 2.29. The monoisotopic (exact) mass is 298 g/mol. The van der Waals surface area contributed by atoms with Crippen molar-refractivity contribution in [1.29, 1.82) is 0 Å². The Bertz CT molecular complexity index is 573. The minimum absolute atomic E-state index is 0.340. The van der Waals surface area contributed by atoms with Gasteiger partial charge in [-0.15, -0.1) is 0 Å². The molecule has 1 aromatic heterocycles. The van der Waals surface area contributed by atoms with Crippen LogP contribution < -0.4 is 5.32 Å². The van der Waals surface area contributed by atoms with Gasteiger partial charge in [-0.3, -0.25) is 0 Å². The number of alkyl halides is 3. The van der Waals surface area contributed by atoms with Gasteiger partial charge in [-0.25, -0.2) is 9.67 Å². The zero-order valence-electron chi connectivity index (χ0n) is 11.9. The summed E-state index contributed by atoms with van der Waals surface area (Å²) in [6.07, 6.45) is -2.73. The van der Waals surface area contributed by atoms with Gasteiger partial charge in [0.2, 0.25) is 0 Å². The molecule has 0 atom stereocenters. The Morgan fingerprint density at radius 3 is 2.43 bits per heavy atom. The van der Waals surface area contributed by atoms with Gasteiger partial charge >= 0.3 is 6.18 Å². The number of nitrogens with zero attached hydrogens (tertiary/aromatic N) is 3. The first-order valence-electron chi connectivity index (χ1n) is 6.62. The third kappa shape index (κ3) is 4.56. The Balaban J connectivity index is 1.98. The van der Waals surface area contributed by atoms with Crippen LogP contribution in [0.5, 0.6) is 0 Å². The van der Waals surface area contributed by atoms with E-state index in [9.17, 15) is 13.2 Å². The Morgan fingerprint density at radius 2 is 1.86 bits per heavy atom. The lowest BCUT2D eigenvalue weighted by molar-refractivity contribution is -0.137. The average molecular weight is 298 g/mol. The van der Waals surface area contributed by atoms with E-state index in [0.29, 0.717) is 25.0 Å². The van der Waals surface area contributed by atoms with Crippen molar-refractivity contribution in [3.8, 4) is 0 Å². The van der Waals surface area contributed by atoms with Crippen LogP contribution in [0.1, 0.15) is 30.8 Å². The third-order valence-electron chi connectivity index (χ3n) is 2.88. The highest BCUT2D eigenvalue weighted by molar-refractivity contribution is 5.24. The molecule has 0 saturated carbocycles. The number of benzene rings is 1. The minimum Gasteiger partial charge on any atom is -0.308 e. The van der Waals surface area contributed by atoms with E-state index in [0.717, 1.165) is 17.7 Å². The summed E-state index contributed by atoms with van der Waals surface area (Å²) < 4.78 is 39.0. The maximum absolute atomic E-state index is 12.5. The molecule has 1 N–H and O–H groups in total. The molecule has 0 aliphatic rings. The molecule has 0 amide bonds. The van der Waals surface area contributed by atoms with E-state index >= 15 is 0 Å². The summed E-state index contributed by atoms with van der Waals surface area (Å²) in [4.78, 5) is 4.15. The lowest BCUT2D eigenvalue weighted by Gasteiger charge is -2.07. The Kier molecular flexibility index (Phi) is 4.62. The molecule has 1 aromatic carbocycles. The van der Waals surface area contributed by atoms with Crippen molar-refractivity contribution in [2.75, 3.05) is 0 Å². The van der Waals surface area contributed by atoms with Gasteiger partial charge in [0, 0.05) is 6.04 Å². The summed E-state index contributed by atoms with van der Waals surface area (Å²) in [6.45, 7) is 5.02. The Labute approximate surface area is 121 Å². The third-order valence-corrected chi connectivity index (χ3v) is 2.88. The summed E-state index contributed by atoms with van der Waals surface area (Å²) in [5.74, 6) is 0.663. The van der Waals surface area contributed by atoms with Crippen molar-refractivity contribution in [2.24, 2.45) is 0 Å². The van der Waals surface area contributed by atoms with Crippen molar-refractivity contribution < 1.29 is 13.2 Å². The maximum atomic E-state index is 12.5. The fourth-order valence-corrected chi connectivity index (χ4v) is 1.77. The topological polar surface area (TPSA) is 42.7 Å². The largest absolute Gasteiger partial charge is 0.416 e. The first kappa shape index (κ1) is 15.5. The number of halogens is 3. The second-order valence-corrected chi connectivity index (χ2v) is 5.09. The molecule has 2 rings (SSSR count). The minimum atomic E-state index is -4.30. The lowest BCUT2D eigenvalue weighted by atomic mass is 10.1. The average Bonchev–Trinajstić information content (AvgIpc) is 2.83. The van der Waals surface area contributed by atoms with Gasteiger partial charge in [-0.2, -0.15) is 18.3 Å². The van der Waals surface area contributed by atoms with Gasteiger partial charge in [0.05, 0.1) is 18.7 Å². The predicted octanol–water partition coefficient (Wildman–Crippen LogP) is 2.84. The van der Waals surface area contributed by atoms with Gasteiger partial charge in [-0.05, 0) is 17.7 Å². The van der Waals surface area contributed by atoms with Crippen molar-refractivity contribution in [1.82, 2.24) is 20.1 Å². The van der Waals surface area contributed by atoms with Crippen LogP contribution >= 0.6 is 0 Å². The van der Waals surface area contributed by atoms with E-state index in [1.54, 1.807) is 11.0 Å². The molecule has 7 heteroatoms. The molecule has 1 heterocycles. The summed E-state index contributed by atoms with van der Waals surface area (Å²) >= 11 is 0. The van der Waals surface area contributed by atoms with Crippen LogP contribution in [0.2, 0.25) is 0 Å². The smallest absolute Gasteiger partial charge is 0.308 e. The van der Waals surface area contributed by atoms with Crippen molar-refractivity contribution in [2.45, 2.75) is 39.2 Å². The predicted molar refractivity (Wildman–Crippen MR) is 72.5 cm³/mol. The van der Waals surface area contributed by atoms with E-state index in [4.69, 9.17) is 0 Å². The highest BCUT2D eigenvalue weighted by atomic mass is 19.4. The first-order chi connectivity index (χ1) is 9.84. The van der Waals surface area contributed by atoms with Gasteiger partial charge in [0.25, 0.3) is 0 Å². The van der Waals surface area contributed by atoms with Gasteiger partial charge in [-0.1, -0.05) is 26.0 Å². The van der Waals surface area contributed by atoms with E-state index in [1.165, 1.54) is 12.1 Å². The van der Waals surface area contributed by atoms with Crippen LogP contribution in [0.25, 0.3) is 0 Å². The number of nitrogens with one attached hydrogen (secondary N) is 1. The molecule has 0 fully saturated rings. The molecule has 114 valence electrons. The van der Waals surface area contributed by atoms with Gasteiger partial charge in [0.15, 0.2) is 5.82 Å². The number of rotatable bonds is 5. The fourth-order valence-electron chi connectivity index (χ4n) is 1.77. The van der Waals surface area contributed by atoms with E-state index < -0.39 is 11.7 Å². The molecule has 0 aliphatic heterocycles. The van der Waals surface area contributed by atoms with E-state index in [2.05, 4.69) is 15.4 Å². The van der Waals surface area contributed by atoms with Crippen LogP contribution in [-0.4, -0.2) is 20.8 Å². The second-order valence-electron chi connectivity index (χ2n) is 5.09. The van der Waals surface area contributed by atoms with Crippen molar-refractivity contribution in [3.63, 3.8) is 0 Å². The second kappa shape index (κ2) is 6.26. The molecule has 2 aromatic rings. The van der Waals surface area contributed by atoms with Crippen LogP contribution in [0.4, 0.5) is 13.2 Å². The normalized spacial score (nSPS) is 12.1. The summed E-state index contributed by atoms with van der Waals surface area (Å²) in [5, 5.41) is 7.47. The van der Waals surface area contributed by atoms with Crippen LogP contribution in [0.15, 0.2) is 30.6 Å². The molecule has 0 bridgehead atoms. The van der Waals surface area contributed by atoms with Crippen LogP contribution in [0.3, 0.4) is 0 Å². The van der Waals surface area contributed by atoms with Gasteiger partial charge in [0.1, 0.15) is 6.33 Å². The summed E-state index contributed by atoms with van der Waals surface area (Å²) in [6, 6.07) is 5.40. The number of hydrogen-bond acceptors (Lipinski definition) is 3. The standard InChI is InChI=1S/C14H17F3N4/c1-10(2)18-7-13-19-9-21(20-13)8-11-3-5-12(6-4-11)14(15,16)17/h3-6,9-10,18H,7-8H2,1-2H3. The molecule has 4 nitrogen and oxygen atoms in total. The zero-order valence-corrected chi connectivity index (χ0v) is 11.9. The van der Waals surface area contributed by atoms with Gasteiger partial charge < -0.3 is 5.32 Å². The molecule has 0 unspecified atom stereocenters. The zero-order chi connectivity index (χ0) is 15.5. The number of hydrogen-bond donors (Lipinski definition) is 1. The molecule has 0 radical (unpaired) electrons. The van der Waals surface area contributed by atoms with E-state index in [1.807, 2.05) is 13.8 Å². The summed E-state index contributed by atoms with van der Waals surface area (Å²) in [5.41, 5.74) is 0.0999. The van der Waals surface area contributed by atoms with Crippen molar-refractivity contribution >= 4 is 0 Å². The Hall–Kier alpha value is -1.89. The Morgan fingerprint density at radius 1 is 1.19 bits per heavy atom. The quantitative estimate of drug-likeness (QED) is 0.923. The number of aromatic nitrogens is 3. The van der Waals surface area contributed by atoms with E-state index in [-0.39, 0.29) is 0 Å². The van der Waals surface area contributed by atoms with Crippen molar-refractivity contribution in [3.05, 3.63) is 47.5 Å². The maximum Gasteiger partial charge on any atom is 0.416 e.